The Labute approximate surface area is 54.3 Å². The Morgan fingerprint density at radius 2 is 1.25 bits per heavy atom. The van der Waals surface area contributed by atoms with Crippen LogP contribution in [0.2, 0.25) is 0 Å². The van der Waals surface area contributed by atoms with Crippen LogP contribution in [0.1, 0.15) is 0 Å². The predicted molar refractivity (Wildman–Crippen MR) is 12.2 cm³/mol. The molecule has 0 bridgehead atoms. The summed E-state index contributed by atoms with van der Waals surface area (Å²) in [6.07, 6.45) is 0. The first-order valence-electron chi connectivity index (χ1n) is 0.204. The molecule has 6 radical (unpaired) electrons. The van der Waals surface area contributed by atoms with Crippen LogP contribution in [0.5, 0.6) is 0 Å². The number of hydrogen-bond acceptors (Lipinski definition) is 1. The van der Waals surface area contributed by atoms with E-state index in [1.54, 1.807) is 10.1 Å². The molecule has 0 aromatic heterocycles. The Balaban J connectivity index is -0.00000000500. The van der Waals surface area contributed by atoms with Crippen LogP contribution in [0, 0.1) is 0 Å². The monoisotopic (exact) mass is 164 g/mol. The van der Waals surface area contributed by atoms with Gasteiger partial charge in [-0.1, -0.05) is 0 Å². The van der Waals surface area contributed by atoms with Crippen molar-refractivity contribution in [3.05, 3.63) is 0 Å². The van der Waals surface area contributed by atoms with Crippen LogP contribution >= 0.6 is 0 Å². The van der Waals surface area contributed by atoms with Gasteiger partial charge in [0.25, 0.3) is 0 Å². The predicted octanol–water partition coefficient (Wildman–Crippen LogP) is -0.883. The van der Waals surface area contributed by atoms with E-state index < -0.39 is 0 Å². The molecule has 0 aliphatic heterocycles. The molecule has 0 unspecified atom stereocenters. The van der Waals surface area contributed by atoms with Crippen molar-refractivity contribution in [3.63, 3.8) is 0 Å². The average molecular weight is 164 g/mol. The molecule has 0 saturated heterocycles. The largest absolute Gasteiger partial charge is 0.381 e. The molecule has 0 aliphatic rings. The Hall–Kier alpha value is 1.29. The Kier molecular flexibility index (Phi) is 130. The molecule has 0 aromatic rings. The summed E-state index contributed by atoms with van der Waals surface area (Å²) in [7, 11) is 1.72. The van der Waals surface area contributed by atoms with Crippen molar-refractivity contribution >= 4 is 27.5 Å². The van der Waals surface area contributed by atoms with E-state index in [-0.39, 0.29) is 39.7 Å². The van der Waals surface area contributed by atoms with E-state index in [1.807, 2.05) is 0 Å². The Morgan fingerprint density at radius 3 is 1.25 bits per heavy atom. The van der Waals surface area contributed by atoms with Gasteiger partial charge in [-0.25, -0.2) is 0 Å². The topological polar surface area (TPSA) is 17.1 Å². The SMILES string of the molecule is O=[Si].[Al].[Nb]. The van der Waals surface area contributed by atoms with Crippen molar-refractivity contribution in [1.29, 1.82) is 0 Å². The molecule has 0 atom stereocenters. The van der Waals surface area contributed by atoms with E-state index >= 15 is 0 Å². The van der Waals surface area contributed by atoms with Gasteiger partial charge in [0.1, 0.15) is 0 Å². The molecule has 0 saturated carbocycles. The smallest absolute Gasteiger partial charge is 0.381 e. The third kappa shape index (κ3) is 10.4. The summed E-state index contributed by atoms with van der Waals surface area (Å²) >= 11 is 0. The van der Waals surface area contributed by atoms with Crippen molar-refractivity contribution in [1.82, 2.24) is 0 Å². The molecule has 1 nitrogen and oxygen atoms in total. The first kappa shape index (κ1) is 18.6. The molecule has 4 heteroatoms. The molecule has 0 fully saturated rings. The van der Waals surface area contributed by atoms with E-state index in [2.05, 4.69) is 0 Å². The van der Waals surface area contributed by atoms with Gasteiger partial charge in [0.05, 0.1) is 0 Å². The van der Waals surface area contributed by atoms with Crippen LogP contribution < -0.4 is 0 Å². The zero-order chi connectivity index (χ0) is 2.00. The minimum Gasteiger partial charge on any atom is -0.381 e. The van der Waals surface area contributed by atoms with E-state index in [0.29, 0.717) is 0 Å². The van der Waals surface area contributed by atoms with Crippen LogP contribution in [0.3, 0.4) is 0 Å². The van der Waals surface area contributed by atoms with Gasteiger partial charge in [-0.3, -0.25) is 0 Å². The van der Waals surface area contributed by atoms with Gasteiger partial charge in [-0.2, -0.15) is 0 Å². The van der Waals surface area contributed by atoms with Gasteiger partial charge in [0.15, 0.2) is 0 Å². The van der Waals surface area contributed by atoms with Gasteiger partial charge in [0, 0.05) is 39.7 Å². The van der Waals surface area contributed by atoms with Crippen molar-refractivity contribution in [2.45, 2.75) is 0 Å². The van der Waals surface area contributed by atoms with E-state index in [4.69, 9.17) is 4.46 Å². The second-order valence-electron chi connectivity index (χ2n) is 0. The van der Waals surface area contributed by atoms with E-state index in [1.165, 1.54) is 0 Å². The molecule has 0 rings (SSSR count). The zero-order valence-electron chi connectivity index (χ0n) is 1.93. The molecule has 18 valence electrons. The molecule has 0 aliphatic carbocycles. The maximum Gasteiger partial charge on any atom is 0.381 e. The molecule has 4 heavy (non-hydrogen) atoms. The van der Waals surface area contributed by atoms with Crippen LogP contribution in [-0.2, 0) is 26.8 Å². The van der Waals surface area contributed by atoms with Gasteiger partial charge in [0.2, 0.25) is 0 Å². The summed E-state index contributed by atoms with van der Waals surface area (Å²) < 4.78 is 8.06. The van der Waals surface area contributed by atoms with Gasteiger partial charge in [-0.15, -0.1) is 0 Å². The summed E-state index contributed by atoms with van der Waals surface area (Å²) in [6.45, 7) is 0. The zero-order valence-corrected chi connectivity index (χ0v) is 6.29. The second kappa shape index (κ2) is 27.9. The molecule has 0 N–H and O–H groups in total. The van der Waals surface area contributed by atoms with Crippen molar-refractivity contribution in [2.24, 2.45) is 0 Å². The second-order valence-corrected chi connectivity index (χ2v) is 0. The van der Waals surface area contributed by atoms with Gasteiger partial charge in [-0.05, 0) is 0 Å². The fourth-order valence-electron chi connectivity index (χ4n) is 0. The summed E-state index contributed by atoms with van der Waals surface area (Å²) in [5.41, 5.74) is 0. The standard InChI is InChI=1S/Al.Nb.OSi/c;;1-2. The first-order valence-corrected chi connectivity index (χ1v) is 0.612. The third-order valence-electron chi connectivity index (χ3n) is 0. The average Bonchev–Trinajstić information content (AvgIpc) is 1.00. The maximum absolute atomic E-state index is 8.06. The third-order valence-corrected chi connectivity index (χ3v) is 0. The van der Waals surface area contributed by atoms with E-state index in [9.17, 15) is 0 Å². The normalized spacial score (nSPS) is 1.00. The fraction of sp³-hybridized carbons (Fsp3) is 0. The maximum atomic E-state index is 8.06. The molecular weight excluding hydrogens is 164 g/mol. The van der Waals surface area contributed by atoms with Crippen molar-refractivity contribution in [3.8, 4) is 0 Å². The number of hydrogen-bond donors (Lipinski definition) is 0. The van der Waals surface area contributed by atoms with Crippen LogP contribution in [0.15, 0.2) is 0 Å². The summed E-state index contributed by atoms with van der Waals surface area (Å²) in [4.78, 5) is 0. The Morgan fingerprint density at radius 1 is 1.25 bits per heavy atom. The summed E-state index contributed by atoms with van der Waals surface area (Å²) in [6, 6.07) is 0. The first-order chi connectivity index (χ1) is 1.00. The minimum absolute atomic E-state index is 0. The van der Waals surface area contributed by atoms with Crippen LogP contribution in [0.25, 0.3) is 0 Å². The van der Waals surface area contributed by atoms with E-state index in [0.717, 1.165) is 0 Å². The van der Waals surface area contributed by atoms with Crippen LogP contribution in [0.4, 0.5) is 0 Å². The quantitative estimate of drug-likeness (QED) is 0.425. The van der Waals surface area contributed by atoms with Gasteiger partial charge < -0.3 is 4.46 Å². The van der Waals surface area contributed by atoms with Gasteiger partial charge >= 0.3 is 10.1 Å². The summed E-state index contributed by atoms with van der Waals surface area (Å²) in [5, 5.41) is 0. The molecule has 0 amide bonds. The number of rotatable bonds is 0. The Bertz CT molecular complexity index is 8.00. The van der Waals surface area contributed by atoms with Crippen molar-refractivity contribution < 1.29 is 26.8 Å². The minimum atomic E-state index is 0. The van der Waals surface area contributed by atoms with Crippen molar-refractivity contribution in [2.75, 3.05) is 0 Å². The molecular formula is AlNbOSi. The van der Waals surface area contributed by atoms with Crippen LogP contribution in [-0.4, -0.2) is 27.5 Å². The fourth-order valence-corrected chi connectivity index (χ4v) is 0. The molecule has 0 heterocycles. The molecule has 0 aromatic carbocycles. The molecule has 0 spiro atoms. The summed E-state index contributed by atoms with van der Waals surface area (Å²) in [5.74, 6) is 0.